The van der Waals surface area contributed by atoms with Crippen LogP contribution in [0, 0.1) is 5.82 Å². The van der Waals surface area contributed by atoms with Crippen LogP contribution in [-0.2, 0) is 19.7 Å². The Morgan fingerprint density at radius 2 is 1.48 bits per heavy atom. The number of nitrogens with zero attached hydrogens (tertiary/aromatic N) is 1. The lowest BCUT2D eigenvalue weighted by molar-refractivity contribution is 0.531. The zero-order valence-corrected chi connectivity index (χ0v) is 16.5. The van der Waals surface area contributed by atoms with Crippen LogP contribution in [0.4, 0.5) is 10.1 Å². The molecule has 0 saturated carbocycles. The minimum Gasteiger partial charge on any atom is -0.367 e. The Kier molecular flexibility index (Phi) is 5.80. The summed E-state index contributed by atoms with van der Waals surface area (Å²) in [6, 6.07) is 2.60. The summed E-state index contributed by atoms with van der Waals surface area (Å²) in [5.74, 6) is -0.975. The lowest BCUT2D eigenvalue weighted by atomic mass is 10.2. The van der Waals surface area contributed by atoms with Crippen molar-refractivity contribution < 1.29 is 21.2 Å². The van der Waals surface area contributed by atoms with Crippen LogP contribution in [0.5, 0.6) is 0 Å². The molecule has 2 rings (SSSR count). The van der Waals surface area contributed by atoms with E-state index in [1.807, 2.05) is 0 Å². The second kappa shape index (κ2) is 7.20. The first-order valence-electron chi connectivity index (χ1n) is 8.27. The van der Waals surface area contributed by atoms with Crippen LogP contribution in [0.2, 0.25) is 0 Å². The molecule has 9 heteroatoms. The summed E-state index contributed by atoms with van der Waals surface area (Å²) < 4.78 is 66.0. The molecule has 1 aromatic rings. The van der Waals surface area contributed by atoms with Gasteiger partial charge in [-0.1, -0.05) is 0 Å². The highest BCUT2D eigenvalue weighted by molar-refractivity contribution is 7.95. The number of nitrogens with one attached hydrogen (secondary N) is 1. The van der Waals surface area contributed by atoms with E-state index in [1.165, 1.54) is 39.8 Å². The number of hydrogen-bond donors (Lipinski definition) is 1. The molecule has 0 aromatic heterocycles. The van der Waals surface area contributed by atoms with E-state index in [4.69, 9.17) is 0 Å². The molecule has 0 unspecified atom stereocenters. The first-order valence-corrected chi connectivity index (χ1v) is 11.4. The molecule has 142 valence electrons. The number of hydrogen-bond acceptors (Lipinski definition) is 6. The lowest BCUT2D eigenvalue weighted by Gasteiger charge is -2.30. The number of piperazine rings is 1. The fourth-order valence-corrected chi connectivity index (χ4v) is 5.64. The van der Waals surface area contributed by atoms with Crippen molar-refractivity contribution in [2.45, 2.75) is 48.0 Å². The largest absolute Gasteiger partial charge is 0.367 e. The highest BCUT2D eigenvalue weighted by Crippen LogP contribution is 2.35. The van der Waals surface area contributed by atoms with E-state index in [0.29, 0.717) is 26.2 Å². The average Bonchev–Trinajstić information content (AvgIpc) is 2.54. The molecule has 0 aliphatic carbocycles. The van der Waals surface area contributed by atoms with E-state index in [1.54, 1.807) is 4.90 Å². The molecular weight excluding hydrogens is 367 g/mol. The van der Waals surface area contributed by atoms with E-state index in [9.17, 15) is 16.8 Å². The van der Waals surface area contributed by atoms with Crippen molar-refractivity contribution in [3.8, 4) is 0 Å². The Labute approximate surface area is 149 Å². The predicted molar refractivity (Wildman–Crippen MR) is 96.1 cm³/mol. The number of benzene rings is 1. The third-order valence-electron chi connectivity index (χ3n) is 4.33. The average molecular weight is 393 g/mol. The molecule has 25 heavy (non-hydrogen) atoms. The van der Waals surface area contributed by atoms with E-state index in [2.05, 4.69) is 5.32 Å². The summed E-state index contributed by atoms with van der Waals surface area (Å²) in [4.78, 5) is 0.580. The van der Waals surface area contributed by atoms with E-state index >= 15 is 4.39 Å². The summed E-state index contributed by atoms with van der Waals surface area (Å²) in [5.41, 5.74) is 0.128. The second-order valence-corrected chi connectivity index (χ2v) is 11.6. The second-order valence-electron chi connectivity index (χ2n) is 6.65. The van der Waals surface area contributed by atoms with Crippen molar-refractivity contribution in [1.82, 2.24) is 5.32 Å². The van der Waals surface area contributed by atoms with Gasteiger partial charge in [0.1, 0.15) is 4.90 Å². The van der Waals surface area contributed by atoms with Crippen molar-refractivity contribution >= 4 is 25.4 Å². The summed E-state index contributed by atoms with van der Waals surface area (Å²) in [6.07, 6.45) is 0. The molecule has 0 bridgehead atoms. The highest BCUT2D eigenvalue weighted by Gasteiger charge is 2.35. The summed E-state index contributed by atoms with van der Waals surface area (Å²) in [7, 11) is -8.06. The van der Waals surface area contributed by atoms with Crippen molar-refractivity contribution in [2.24, 2.45) is 0 Å². The number of anilines is 1. The third-order valence-corrected chi connectivity index (χ3v) is 8.86. The van der Waals surface area contributed by atoms with Crippen LogP contribution in [0.1, 0.15) is 27.7 Å². The Morgan fingerprint density at radius 3 is 1.96 bits per heavy atom. The number of rotatable bonds is 5. The van der Waals surface area contributed by atoms with E-state index < -0.39 is 45.8 Å². The zero-order chi connectivity index (χ0) is 19.0. The van der Waals surface area contributed by atoms with Gasteiger partial charge in [0.25, 0.3) is 0 Å². The van der Waals surface area contributed by atoms with Gasteiger partial charge >= 0.3 is 0 Å². The standard InChI is InChI=1S/C16H25FN2O4S2/c1-11(2)24(20,21)14-6-5-13(19-9-7-18-8-10-19)15(17)16(14)25(22,23)12(3)4/h5-6,11-12,18H,7-10H2,1-4H3. The van der Waals surface area contributed by atoms with Gasteiger partial charge in [-0.05, 0) is 39.8 Å². The SMILES string of the molecule is CC(C)S(=O)(=O)c1ccc(N2CCNCC2)c(F)c1S(=O)(=O)C(C)C. The van der Waals surface area contributed by atoms with Crippen molar-refractivity contribution in [2.75, 3.05) is 31.1 Å². The van der Waals surface area contributed by atoms with Gasteiger partial charge in [-0.25, -0.2) is 21.2 Å². The van der Waals surface area contributed by atoms with Crippen molar-refractivity contribution in [3.63, 3.8) is 0 Å². The van der Waals surface area contributed by atoms with Gasteiger partial charge in [-0.15, -0.1) is 0 Å². The van der Waals surface area contributed by atoms with E-state index in [-0.39, 0.29) is 5.69 Å². The van der Waals surface area contributed by atoms with Gasteiger partial charge in [0, 0.05) is 26.2 Å². The van der Waals surface area contributed by atoms with Gasteiger partial charge in [0.2, 0.25) is 0 Å². The Balaban J connectivity index is 2.77. The van der Waals surface area contributed by atoms with Crippen LogP contribution in [0.25, 0.3) is 0 Å². The smallest absolute Gasteiger partial charge is 0.184 e. The first-order chi connectivity index (χ1) is 11.5. The highest BCUT2D eigenvalue weighted by atomic mass is 32.2. The van der Waals surface area contributed by atoms with Gasteiger partial charge in [-0.3, -0.25) is 0 Å². The summed E-state index contributed by atoms with van der Waals surface area (Å²) in [6.45, 7) is 8.07. The maximum Gasteiger partial charge on any atom is 0.184 e. The molecular formula is C16H25FN2O4S2. The molecule has 1 fully saturated rings. The van der Waals surface area contributed by atoms with Crippen LogP contribution in [-0.4, -0.2) is 53.5 Å². The Bertz CT molecular complexity index is 843. The predicted octanol–water partition coefficient (Wildman–Crippen LogP) is 1.60. The van der Waals surface area contributed by atoms with Crippen LogP contribution < -0.4 is 10.2 Å². The lowest BCUT2D eigenvalue weighted by Crippen LogP contribution is -2.44. The molecule has 1 aliphatic heterocycles. The monoisotopic (exact) mass is 392 g/mol. The minimum absolute atomic E-state index is 0.128. The van der Waals surface area contributed by atoms with Crippen LogP contribution >= 0.6 is 0 Å². The molecule has 1 saturated heterocycles. The fourth-order valence-electron chi connectivity index (χ4n) is 2.66. The third kappa shape index (κ3) is 3.68. The number of sulfone groups is 2. The molecule has 0 amide bonds. The summed E-state index contributed by atoms with van der Waals surface area (Å²) in [5, 5.41) is 1.36. The van der Waals surface area contributed by atoms with Gasteiger partial charge in [0.05, 0.1) is 21.1 Å². The zero-order valence-electron chi connectivity index (χ0n) is 14.9. The molecule has 0 spiro atoms. The topological polar surface area (TPSA) is 83.6 Å². The minimum atomic E-state index is -4.11. The Hall–Kier alpha value is -1.19. The molecule has 1 heterocycles. The van der Waals surface area contributed by atoms with Crippen LogP contribution in [0.3, 0.4) is 0 Å². The van der Waals surface area contributed by atoms with Crippen molar-refractivity contribution in [3.05, 3.63) is 17.9 Å². The summed E-state index contributed by atoms with van der Waals surface area (Å²) >= 11 is 0. The molecule has 6 nitrogen and oxygen atoms in total. The van der Waals surface area contributed by atoms with Crippen LogP contribution in [0.15, 0.2) is 21.9 Å². The van der Waals surface area contributed by atoms with Gasteiger partial charge < -0.3 is 10.2 Å². The quantitative estimate of drug-likeness (QED) is 0.819. The maximum absolute atomic E-state index is 15.3. The molecule has 1 aliphatic rings. The Morgan fingerprint density at radius 1 is 0.960 bits per heavy atom. The van der Waals surface area contributed by atoms with E-state index in [0.717, 1.165) is 0 Å². The molecule has 0 radical (unpaired) electrons. The first kappa shape index (κ1) is 20.1. The fraction of sp³-hybridized carbons (Fsp3) is 0.625. The van der Waals surface area contributed by atoms with Crippen molar-refractivity contribution in [1.29, 1.82) is 0 Å². The molecule has 1 N–H and O–H groups in total. The van der Waals surface area contributed by atoms with Gasteiger partial charge in [0.15, 0.2) is 25.5 Å². The maximum atomic E-state index is 15.3. The normalized spacial score (nSPS) is 16.7. The molecule has 1 aromatic carbocycles. The molecule has 0 atom stereocenters. The van der Waals surface area contributed by atoms with Gasteiger partial charge in [-0.2, -0.15) is 0 Å². The number of halogens is 1.